The first-order chi connectivity index (χ1) is 12.2. The molecule has 0 unspecified atom stereocenters. The average Bonchev–Trinajstić information content (AvgIpc) is 2.63. The molecule has 25 heavy (non-hydrogen) atoms. The number of hydrogen-bond donors (Lipinski definition) is 2. The van der Waals surface area contributed by atoms with Gasteiger partial charge in [0.25, 0.3) is 0 Å². The number of anilines is 4. The van der Waals surface area contributed by atoms with E-state index in [1.807, 2.05) is 20.2 Å². The van der Waals surface area contributed by atoms with Crippen molar-refractivity contribution in [3.8, 4) is 0 Å². The third-order valence-electron chi connectivity index (χ3n) is 4.36. The molecule has 2 N–H and O–H groups in total. The predicted molar refractivity (Wildman–Crippen MR) is 105 cm³/mol. The molecule has 1 aliphatic heterocycles. The van der Waals surface area contributed by atoms with Crippen LogP contribution in [-0.2, 0) is 0 Å². The van der Waals surface area contributed by atoms with E-state index in [0.29, 0.717) is 5.95 Å². The van der Waals surface area contributed by atoms with E-state index in [-0.39, 0.29) is 0 Å². The highest BCUT2D eigenvalue weighted by molar-refractivity contribution is 5.61. The highest BCUT2D eigenvalue weighted by Gasteiger charge is 2.10. The lowest BCUT2D eigenvalue weighted by molar-refractivity contribution is 0.425. The van der Waals surface area contributed by atoms with Crippen LogP contribution >= 0.6 is 0 Å². The number of piperidine rings is 1. The topological polar surface area (TPSA) is 56.3 Å². The van der Waals surface area contributed by atoms with Crippen molar-refractivity contribution in [2.45, 2.75) is 19.3 Å². The van der Waals surface area contributed by atoms with E-state index in [2.05, 4.69) is 54.7 Å². The van der Waals surface area contributed by atoms with Crippen molar-refractivity contribution in [1.82, 2.24) is 14.9 Å². The Hall–Kier alpha value is -2.34. The molecule has 0 atom stereocenters. The van der Waals surface area contributed by atoms with Crippen molar-refractivity contribution in [2.75, 3.05) is 55.8 Å². The Morgan fingerprint density at radius 1 is 1.04 bits per heavy atom. The van der Waals surface area contributed by atoms with Gasteiger partial charge in [0.05, 0.1) is 0 Å². The Balaban J connectivity index is 1.58. The van der Waals surface area contributed by atoms with Crippen molar-refractivity contribution in [2.24, 2.45) is 0 Å². The minimum Gasteiger partial charge on any atom is -0.372 e. The van der Waals surface area contributed by atoms with Crippen LogP contribution < -0.4 is 15.5 Å². The largest absolute Gasteiger partial charge is 0.372 e. The first-order valence-electron chi connectivity index (χ1n) is 9.04. The Labute approximate surface area is 150 Å². The summed E-state index contributed by atoms with van der Waals surface area (Å²) in [6.45, 7) is 4.10. The van der Waals surface area contributed by atoms with Crippen molar-refractivity contribution < 1.29 is 0 Å². The molecular weight excluding hydrogens is 312 g/mol. The minimum absolute atomic E-state index is 0.650. The SMILES string of the molecule is CN(C)CCNc1nccc(Nc2ccc(N3CCCCC3)cc2)n1. The monoisotopic (exact) mass is 340 g/mol. The molecule has 6 heteroatoms. The number of benzene rings is 1. The lowest BCUT2D eigenvalue weighted by atomic mass is 10.1. The summed E-state index contributed by atoms with van der Waals surface area (Å²) in [5, 5.41) is 6.60. The van der Waals surface area contributed by atoms with Crippen LogP contribution in [0.1, 0.15) is 19.3 Å². The lowest BCUT2D eigenvalue weighted by Crippen LogP contribution is -2.29. The fourth-order valence-corrected chi connectivity index (χ4v) is 2.96. The molecule has 0 saturated carbocycles. The van der Waals surface area contributed by atoms with Crippen LogP contribution in [0.25, 0.3) is 0 Å². The molecular formula is C19H28N6. The summed E-state index contributed by atoms with van der Waals surface area (Å²) in [4.78, 5) is 13.4. The molecule has 1 fully saturated rings. The van der Waals surface area contributed by atoms with E-state index >= 15 is 0 Å². The molecule has 0 radical (unpaired) electrons. The van der Waals surface area contributed by atoms with Gasteiger partial charge in [-0.25, -0.2) is 4.98 Å². The molecule has 1 aromatic carbocycles. The minimum atomic E-state index is 0.650. The average molecular weight is 340 g/mol. The molecule has 2 heterocycles. The molecule has 0 aliphatic carbocycles. The van der Waals surface area contributed by atoms with Crippen molar-refractivity contribution >= 4 is 23.1 Å². The maximum absolute atomic E-state index is 4.51. The molecule has 2 aromatic rings. The number of nitrogens with one attached hydrogen (secondary N) is 2. The number of aromatic nitrogens is 2. The number of likely N-dealkylation sites (N-methyl/N-ethyl adjacent to an activating group) is 1. The molecule has 6 nitrogen and oxygen atoms in total. The van der Waals surface area contributed by atoms with Gasteiger partial charge < -0.3 is 20.4 Å². The summed E-state index contributed by atoms with van der Waals surface area (Å²) in [6.07, 6.45) is 5.72. The van der Waals surface area contributed by atoms with E-state index in [1.165, 1.54) is 38.0 Å². The van der Waals surface area contributed by atoms with E-state index in [4.69, 9.17) is 0 Å². The zero-order valence-corrected chi connectivity index (χ0v) is 15.2. The smallest absolute Gasteiger partial charge is 0.224 e. The Bertz CT molecular complexity index is 649. The van der Waals surface area contributed by atoms with Gasteiger partial charge in [-0.1, -0.05) is 0 Å². The molecule has 1 aromatic heterocycles. The molecule has 1 aliphatic rings. The highest BCUT2D eigenvalue weighted by atomic mass is 15.2. The first-order valence-corrected chi connectivity index (χ1v) is 9.04. The highest BCUT2D eigenvalue weighted by Crippen LogP contribution is 2.23. The van der Waals surface area contributed by atoms with Gasteiger partial charge in [-0.15, -0.1) is 0 Å². The Morgan fingerprint density at radius 2 is 1.80 bits per heavy atom. The molecule has 134 valence electrons. The van der Waals surface area contributed by atoms with E-state index in [9.17, 15) is 0 Å². The van der Waals surface area contributed by atoms with E-state index in [0.717, 1.165) is 24.6 Å². The van der Waals surface area contributed by atoms with Crippen LogP contribution in [0, 0.1) is 0 Å². The zero-order chi connectivity index (χ0) is 17.5. The number of nitrogens with zero attached hydrogens (tertiary/aromatic N) is 4. The first kappa shape index (κ1) is 17.5. The lowest BCUT2D eigenvalue weighted by Gasteiger charge is -2.28. The Kier molecular flexibility index (Phi) is 6.06. The maximum Gasteiger partial charge on any atom is 0.224 e. The second-order valence-corrected chi connectivity index (χ2v) is 6.72. The molecule has 0 amide bonds. The molecule has 0 bridgehead atoms. The van der Waals surface area contributed by atoms with E-state index in [1.54, 1.807) is 6.20 Å². The van der Waals surface area contributed by atoms with Gasteiger partial charge >= 0.3 is 0 Å². The summed E-state index contributed by atoms with van der Waals surface area (Å²) in [5.41, 5.74) is 2.35. The van der Waals surface area contributed by atoms with E-state index < -0.39 is 0 Å². The van der Waals surface area contributed by atoms with Crippen LogP contribution in [0.4, 0.5) is 23.1 Å². The van der Waals surface area contributed by atoms with Gasteiger partial charge in [0, 0.05) is 43.8 Å². The number of rotatable bonds is 7. The number of hydrogen-bond acceptors (Lipinski definition) is 6. The maximum atomic E-state index is 4.51. The summed E-state index contributed by atoms with van der Waals surface area (Å²) < 4.78 is 0. The van der Waals surface area contributed by atoms with Crippen LogP contribution in [0.15, 0.2) is 36.5 Å². The second kappa shape index (κ2) is 8.67. The van der Waals surface area contributed by atoms with Gasteiger partial charge in [-0.05, 0) is 63.7 Å². The standard InChI is InChI=1S/C19H28N6/c1-24(2)15-12-21-19-20-11-10-18(23-19)22-16-6-8-17(9-7-16)25-13-4-3-5-14-25/h6-11H,3-5,12-15H2,1-2H3,(H2,20,21,22,23). The van der Waals surface area contributed by atoms with Crippen molar-refractivity contribution in [3.05, 3.63) is 36.5 Å². The summed E-state index contributed by atoms with van der Waals surface area (Å²) in [6, 6.07) is 10.5. The van der Waals surface area contributed by atoms with Gasteiger partial charge in [-0.3, -0.25) is 0 Å². The van der Waals surface area contributed by atoms with Crippen LogP contribution in [0.3, 0.4) is 0 Å². The van der Waals surface area contributed by atoms with Gasteiger partial charge in [0.1, 0.15) is 5.82 Å². The molecule has 1 saturated heterocycles. The fourth-order valence-electron chi connectivity index (χ4n) is 2.96. The van der Waals surface area contributed by atoms with Gasteiger partial charge in [0.15, 0.2) is 0 Å². The second-order valence-electron chi connectivity index (χ2n) is 6.72. The quantitative estimate of drug-likeness (QED) is 0.807. The van der Waals surface area contributed by atoms with Crippen molar-refractivity contribution in [1.29, 1.82) is 0 Å². The fraction of sp³-hybridized carbons (Fsp3) is 0.474. The molecule has 0 spiro atoms. The van der Waals surface area contributed by atoms with Gasteiger partial charge in [0.2, 0.25) is 5.95 Å². The van der Waals surface area contributed by atoms with Crippen LogP contribution in [0.2, 0.25) is 0 Å². The van der Waals surface area contributed by atoms with Crippen LogP contribution in [0.5, 0.6) is 0 Å². The Morgan fingerprint density at radius 3 is 2.52 bits per heavy atom. The normalized spacial score (nSPS) is 14.6. The van der Waals surface area contributed by atoms with Crippen LogP contribution in [-0.4, -0.2) is 55.1 Å². The van der Waals surface area contributed by atoms with Gasteiger partial charge in [-0.2, -0.15) is 4.98 Å². The summed E-state index contributed by atoms with van der Waals surface area (Å²) in [5.74, 6) is 1.45. The molecule has 3 rings (SSSR count). The summed E-state index contributed by atoms with van der Waals surface area (Å²) >= 11 is 0. The third-order valence-corrected chi connectivity index (χ3v) is 4.36. The third kappa shape index (κ3) is 5.32. The zero-order valence-electron chi connectivity index (χ0n) is 15.2. The van der Waals surface area contributed by atoms with Crippen molar-refractivity contribution in [3.63, 3.8) is 0 Å². The predicted octanol–water partition coefficient (Wildman–Crippen LogP) is 3.18. The summed E-state index contributed by atoms with van der Waals surface area (Å²) in [7, 11) is 4.10.